The molecule has 1 heterocycles. The minimum Gasteiger partial charge on any atom is -0.384 e. The molecular formula is C15H21N3O4. The van der Waals surface area contributed by atoms with Gasteiger partial charge in [0.15, 0.2) is 0 Å². The lowest BCUT2D eigenvalue weighted by atomic mass is 9.98. The Morgan fingerprint density at radius 3 is 2.95 bits per heavy atom. The number of primary amides is 1. The quantitative estimate of drug-likeness (QED) is 0.635. The second-order valence-corrected chi connectivity index (χ2v) is 5.66. The topological polar surface area (TPSA) is 98.7 Å². The summed E-state index contributed by atoms with van der Waals surface area (Å²) in [7, 11) is 1.69. The van der Waals surface area contributed by atoms with Crippen molar-refractivity contribution in [3.8, 4) is 0 Å². The first kappa shape index (κ1) is 16.4. The van der Waals surface area contributed by atoms with Gasteiger partial charge in [-0.1, -0.05) is 6.07 Å². The lowest BCUT2D eigenvalue weighted by molar-refractivity contribution is -0.385. The fraction of sp³-hybridized carbons (Fsp3) is 0.533. The number of nitrogens with zero attached hydrogens (tertiary/aromatic N) is 2. The number of nitro benzene ring substituents is 1. The zero-order valence-electron chi connectivity index (χ0n) is 12.7. The van der Waals surface area contributed by atoms with Crippen molar-refractivity contribution < 1.29 is 14.5 Å². The lowest BCUT2D eigenvalue weighted by Gasteiger charge is -2.32. The number of piperidine rings is 1. The maximum Gasteiger partial charge on any atom is 0.274 e. The molecule has 0 radical (unpaired) electrons. The van der Waals surface area contributed by atoms with E-state index < -0.39 is 10.8 Å². The molecule has 1 aliphatic heterocycles. The van der Waals surface area contributed by atoms with Crippen LogP contribution in [0.25, 0.3) is 0 Å². The molecule has 1 atom stereocenters. The predicted octanol–water partition coefficient (Wildman–Crippen LogP) is 1.55. The fourth-order valence-corrected chi connectivity index (χ4v) is 2.93. The molecule has 2 N–H and O–H groups in total. The van der Waals surface area contributed by atoms with Gasteiger partial charge in [-0.3, -0.25) is 19.8 Å². The molecule has 1 amide bonds. The van der Waals surface area contributed by atoms with E-state index in [0.29, 0.717) is 24.6 Å². The van der Waals surface area contributed by atoms with E-state index in [-0.39, 0.29) is 11.3 Å². The Kier molecular flexibility index (Phi) is 5.46. The molecule has 1 aromatic rings. The van der Waals surface area contributed by atoms with Crippen LogP contribution in [0.1, 0.15) is 28.8 Å². The van der Waals surface area contributed by atoms with Gasteiger partial charge in [-0.05, 0) is 31.4 Å². The summed E-state index contributed by atoms with van der Waals surface area (Å²) in [6.45, 7) is 2.98. The van der Waals surface area contributed by atoms with Gasteiger partial charge in [0.2, 0.25) is 5.91 Å². The Labute approximate surface area is 129 Å². The number of ether oxygens (including phenoxy) is 1. The summed E-state index contributed by atoms with van der Waals surface area (Å²) >= 11 is 0. The van der Waals surface area contributed by atoms with Crippen LogP contribution < -0.4 is 5.73 Å². The second-order valence-electron chi connectivity index (χ2n) is 5.66. The van der Waals surface area contributed by atoms with Gasteiger partial charge in [0, 0.05) is 37.4 Å². The van der Waals surface area contributed by atoms with Crippen LogP contribution in [-0.2, 0) is 11.3 Å². The fourth-order valence-electron chi connectivity index (χ4n) is 2.93. The van der Waals surface area contributed by atoms with Gasteiger partial charge in [-0.15, -0.1) is 0 Å². The van der Waals surface area contributed by atoms with Crippen molar-refractivity contribution in [1.82, 2.24) is 4.90 Å². The van der Waals surface area contributed by atoms with E-state index in [9.17, 15) is 14.9 Å². The molecule has 0 spiro atoms. The Morgan fingerprint density at radius 1 is 1.55 bits per heavy atom. The Morgan fingerprint density at radius 2 is 2.32 bits per heavy atom. The minimum absolute atomic E-state index is 0.0508. The van der Waals surface area contributed by atoms with Crippen LogP contribution >= 0.6 is 0 Å². The largest absolute Gasteiger partial charge is 0.384 e. The first-order valence-electron chi connectivity index (χ1n) is 7.29. The number of rotatable bonds is 6. The van der Waals surface area contributed by atoms with Crippen molar-refractivity contribution in [1.29, 1.82) is 0 Å². The monoisotopic (exact) mass is 307 g/mol. The normalized spacial score (nSPS) is 19.0. The molecule has 1 fully saturated rings. The van der Waals surface area contributed by atoms with Gasteiger partial charge in [-0.2, -0.15) is 0 Å². The summed E-state index contributed by atoms with van der Waals surface area (Å²) in [5.74, 6) is -0.199. The number of hydrogen-bond acceptors (Lipinski definition) is 5. The van der Waals surface area contributed by atoms with E-state index in [0.717, 1.165) is 25.9 Å². The highest BCUT2D eigenvalue weighted by Gasteiger charge is 2.23. The van der Waals surface area contributed by atoms with Crippen molar-refractivity contribution in [3.05, 3.63) is 39.4 Å². The van der Waals surface area contributed by atoms with Gasteiger partial charge in [0.25, 0.3) is 5.69 Å². The van der Waals surface area contributed by atoms with Crippen molar-refractivity contribution in [2.75, 3.05) is 26.8 Å². The summed E-state index contributed by atoms with van der Waals surface area (Å²) in [4.78, 5) is 24.1. The Bertz CT molecular complexity index is 560. The molecule has 7 nitrogen and oxygen atoms in total. The second kappa shape index (κ2) is 7.33. The minimum atomic E-state index is -0.659. The SMILES string of the molecule is COC[C@@H]1CCCN(Cc2ccc(C(N)=O)cc2[N+](=O)[O-])C1. The highest BCUT2D eigenvalue weighted by molar-refractivity contribution is 5.93. The van der Waals surface area contributed by atoms with Crippen LogP contribution in [0.4, 0.5) is 5.69 Å². The highest BCUT2D eigenvalue weighted by Crippen LogP contribution is 2.25. The molecule has 0 bridgehead atoms. The number of carbonyl (C=O) groups is 1. The van der Waals surface area contributed by atoms with E-state index in [2.05, 4.69) is 4.90 Å². The molecule has 1 saturated heterocycles. The van der Waals surface area contributed by atoms with Crippen LogP contribution in [0.3, 0.4) is 0 Å². The van der Waals surface area contributed by atoms with Crippen molar-refractivity contribution in [2.24, 2.45) is 11.7 Å². The van der Waals surface area contributed by atoms with Crippen molar-refractivity contribution in [2.45, 2.75) is 19.4 Å². The van der Waals surface area contributed by atoms with E-state index in [4.69, 9.17) is 10.5 Å². The average Bonchev–Trinajstić information content (AvgIpc) is 2.48. The molecule has 0 aromatic heterocycles. The summed E-state index contributed by atoms with van der Waals surface area (Å²) in [6.07, 6.45) is 2.17. The van der Waals surface area contributed by atoms with Gasteiger partial charge < -0.3 is 10.5 Å². The van der Waals surface area contributed by atoms with Crippen LogP contribution in [0, 0.1) is 16.0 Å². The van der Waals surface area contributed by atoms with Crippen molar-refractivity contribution in [3.63, 3.8) is 0 Å². The Hall–Kier alpha value is -1.99. The van der Waals surface area contributed by atoms with Crippen molar-refractivity contribution >= 4 is 11.6 Å². The van der Waals surface area contributed by atoms with E-state index in [1.165, 1.54) is 6.07 Å². The van der Waals surface area contributed by atoms with Gasteiger partial charge in [0.1, 0.15) is 0 Å². The summed E-state index contributed by atoms with van der Waals surface area (Å²) < 4.78 is 5.20. The molecule has 0 aliphatic carbocycles. The third-order valence-corrected chi connectivity index (χ3v) is 3.97. The number of benzene rings is 1. The maximum absolute atomic E-state index is 11.2. The lowest BCUT2D eigenvalue weighted by Crippen LogP contribution is -2.36. The first-order chi connectivity index (χ1) is 10.5. The van der Waals surface area contributed by atoms with E-state index >= 15 is 0 Å². The molecule has 0 saturated carbocycles. The number of carbonyl (C=O) groups excluding carboxylic acids is 1. The predicted molar refractivity (Wildman–Crippen MR) is 81.5 cm³/mol. The summed E-state index contributed by atoms with van der Waals surface area (Å²) in [5.41, 5.74) is 5.90. The Balaban J connectivity index is 2.14. The van der Waals surface area contributed by atoms with Crippen LogP contribution in [0.5, 0.6) is 0 Å². The number of nitro groups is 1. The summed E-state index contributed by atoms with van der Waals surface area (Å²) in [6, 6.07) is 4.42. The molecule has 1 aromatic carbocycles. The van der Waals surface area contributed by atoms with Gasteiger partial charge in [0.05, 0.1) is 11.5 Å². The van der Waals surface area contributed by atoms with Gasteiger partial charge >= 0.3 is 0 Å². The number of hydrogen-bond donors (Lipinski definition) is 1. The molecule has 7 heteroatoms. The first-order valence-corrected chi connectivity index (χ1v) is 7.29. The number of nitrogens with two attached hydrogens (primary N) is 1. The third-order valence-electron chi connectivity index (χ3n) is 3.97. The molecule has 2 rings (SSSR count). The van der Waals surface area contributed by atoms with E-state index in [1.54, 1.807) is 19.2 Å². The van der Waals surface area contributed by atoms with Crippen LogP contribution in [0.15, 0.2) is 18.2 Å². The third kappa shape index (κ3) is 4.02. The molecule has 22 heavy (non-hydrogen) atoms. The standard InChI is InChI=1S/C15H21N3O4/c1-22-10-11-3-2-6-17(8-11)9-13-5-4-12(15(16)19)7-14(13)18(20)21/h4-5,7,11H,2-3,6,8-10H2,1H3,(H2,16,19)/t11-/m1/s1. The molecule has 120 valence electrons. The molecule has 1 aliphatic rings. The average molecular weight is 307 g/mol. The van der Waals surface area contributed by atoms with E-state index in [1.807, 2.05) is 0 Å². The van der Waals surface area contributed by atoms with Gasteiger partial charge in [-0.25, -0.2) is 0 Å². The highest BCUT2D eigenvalue weighted by atomic mass is 16.6. The molecule has 0 unspecified atom stereocenters. The number of likely N-dealkylation sites (tertiary alicyclic amines) is 1. The number of methoxy groups -OCH3 is 1. The molecular weight excluding hydrogens is 286 g/mol. The zero-order valence-corrected chi connectivity index (χ0v) is 12.7. The van der Waals surface area contributed by atoms with Crippen LogP contribution in [-0.4, -0.2) is 42.5 Å². The van der Waals surface area contributed by atoms with Crippen LogP contribution in [0.2, 0.25) is 0 Å². The smallest absolute Gasteiger partial charge is 0.274 e. The zero-order chi connectivity index (χ0) is 16.1. The number of amides is 1. The summed E-state index contributed by atoms with van der Waals surface area (Å²) in [5, 5.41) is 11.2. The maximum atomic E-state index is 11.2.